The molecule has 2 N–H and O–H groups in total. The van der Waals surface area contributed by atoms with Crippen LogP contribution in [0.25, 0.3) is 15.5 Å². The summed E-state index contributed by atoms with van der Waals surface area (Å²) in [7, 11) is 0. The molecule has 2 aromatic carbocycles. The summed E-state index contributed by atoms with van der Waals surface area (Å²) < 4.78 is 1.70. The lowest BCUT2D eigenvalue weighted by molar-refractivity contribution is -0.385. The number of amides is 1. The molecule has 4 rings (SSSR count). The Balaban J connectivity index is 1.36. The van der Waals surface area contributed by atoms with E-state index in [1.807, 2.05) is 31.2 Å². The van der Waals surface area contributed by atoms with Crippen molar-refractivity contribution in [2.45, 2.75) is 13.5 Å². The standard InChI is InChI=1S/C19H15N7O3S2/c1-11-22-23-19-25(11)24-17(31-19)13-8-6-12(7-9-13)10-20-18(30)21-16(27)14-4-2-3-5-15(14)26(28)29/h2-9H,10H2,1H3,(H2,20,21,27,30). The highest BCUT2D eigenvalue weighted by Gasteiger charge is 2.19. The number of nitrogens with one attached hydrogen (secondary N) is 2. The molecule has 2 aromatic heterocycles. The molecule has 156 valence electrons. The van der Waals surface area contributed by atoms with Gasteiger partial charge in [0.15, 0.2) is 10.9 Å². The van der Waals surface area contributed by atoms with Crippen molar-refractivity contribution in [1.29, 1.82) is 0 Å². The number of aryl methyl sites for hydroxylation is 1. The third-order valence-corrected chi connectivity index (χ3v) is 5.57. The number of para-hydroxylation sites is 1. The van der Waals surface area contributed by atoms with Crippen LogP contribution < -0.4 is 10.6 Å². The monoisotopic (exact) mass is 453 g/mol. The van der Waals surface area contributed by atoms with Gasteiger partial charge in [0.1, 0.15) is 10.6 Å². The highest BCUT2D eigenvalue weighted by molar-refractivity contribution is 7.80. The zero-order chi connectivity index (χ0) is 22.0. The summed E-state index contributed by atoms with van der Waals surface area (Å²) in [5.74, 6) is 0.0911. The SMILES string of the molecule is Cc1nnc2sc(-c3ccc(CNC(=S)NC(=O)c4ccccc4[N+](=O)[O-])cc3)nn12. The molecule has 0 aliphatic rings. The number of hydrogen-bond donors (Lipinski definition) is 2. The van der Waals surface area contributed by atoms with Gasteiger partial charge in [0.25, 0.3) is 11.6 Å². The molecule has 0 saturated heterocycles. The number of rotatable bonds is 5. The van der Waals surface area contributed by atoms with Gasteiger partial charge in [-0.1, -0.05) is 47.7 Å². The van der Waals surface area contributed by atoms with E-state index in [0.29, 0.717) is 6.54 Å². The molecular formula is C19H15N7O3S2. The van der Waals surface area contributed by atoms with Gasteiger partial charge in [0.2, 0.25) is 4.96 Å². The van der Waals surface area contributed by atoms with Gasteiger partial charge < -0.3 is 5.32 Å². The second-order valence-corrected chi connectivity index (χ2v) is 7.82. The molecule has 0 bridgehead atoms. The summed E-state index contributed by atoms with van der Waals surface area (Å²) in [4.78, 5) is 23.5. The number of aromatic nitrogens is 4. The Morgan fingerprint density at radius 1 is 1.19 bits per heavy atom. The molecule has 2 heterocycles. The van der Waals surface area contributed by atoms with E-state index in [9.17, 15) is 14.9 Å². The Morgan fingerprint density at radius 3 is 2.65 bits per heavy atom. The molecular weight excluding hydrogens is 438 g/mol. The van der Waals surface area contributed by atoms with E-state index < -0.39 is 10.8 Å². The van der Waals surface area contributed by atoms with Gasteiger partial charge in [-0.2, -0.15) is 9.61 Å². The van der Waals surface area contributed by atoms with Gasteiger partial charge in [-0.25, -0.2) is 0 Å². The van der Waals surface area contributed by atoms with Crippen molar-refractivity contribution in [3.8, 4) is 10.6 Å². The number of nitro benzene ring substituents is 1. The smallest absolute Gasteiger partial charge is 0.282 e. The lowest BCUT2D eigenvalue weighted by Gasteiger charge is -2.10. The van der Waals surface area contributed by atoms with E-state index in [2.05, 4.69) is 25.9 Å². The van der Waals surface area contributed by atoms with Crippen LogP contribution in [0.1, 0.15) is 21.7 Å². The Bertz CT molecular complexity index is 1300. The van der Waals surface area contributed by atoms with E-state index in [-0.39, 0.29) is 16.4 Å². The minimum atomic E-state index is -0.640. The van der Waals surface area contributed by atoms with Crippen LogP contribution in [0.15, 0.2) is 48.5 Å². The number of hydrogen-bond acceptors (Lipinski definition) is 8. The number of nitro groups is 1. The number of carbonyl (C=O) groups is 1. The van der Waals surface area contributed by atoms with E-state index in [4.69, 9.17) is 12.2 Å². The second-order valence-electron chi connectivity index (χ2n) is 6.46. The highest BCUT2D eigenvalue weighted by Crippen LogP contribution is 2.25. The zero-order valence-corrected chi connectivity index (χ0v) is 17.7. The minimum absolute atomic E-state index is 0.0544. The van der Waals surface area contributed by atoms with E-state index in [1.165, 1.54) is 29.5 Å². The number of fused-ring (bicyclic) bond motifs is 1. The first-order valence-electron chi connectivity index (χ1n) is 9.03. The summed E-state index contributed by atoms with van der Waals surface area (Å²) in [6, 6.07) is 13.4. The van der Waals surface area contributed by atoms with Crippen molar-refractivity contribution < 1.29 is 9.72 Å². The van der Waals surface area contributed by atoms with Crippen molar-refractivity contribution >= 4 is 45.2 Å². The Hall–Kier alpha value is -3.77. The first kappa shape index (κ1) is 20.5. The van der Waals surface area contributed by atoms with Crippen LogP contribution in [-0.2, 0) is 6.54 Å². The molecule has 4 aromatic rings. The van der Waals surface area contributed by atoms with Crippen LogP contribution in [0.4, 0.5) is 5.69 Å². The fourth-order valence-corrected chi connectivity index (χ4v) is 3.87. The van der Waals surface area contributed by atoms with Crippen molar-refractivity contribution in [3.05, 3.63) is 75.6 Å². The van der Waals surface area contributed by atoms with Gasteiger partial charge >= 0.3 is 0 Å². The predicted molar refractivity (Wildman–Crippen MR) is 119 cm³/mol. The van der Waals surface area contributed by atoms with Crippen LogP contribution in [0.3, 0.4) is 0 Å². The van der Waals surface area contributed by atoms with Crippen molar-refractivity contribution in [3.63, 3.8) is 0 Å². The van der Waals surface area contributed by atoms with Gasteiger partial charge in [0, 0.05) is 18.2 Å². The largest absolute Gasteiger partial charge is 0.358 e. The number of thiocarbonyl (C=S) groups is 1. The van der Waals surface area contributed by atoms with Crippen LogP contribution in [0.5, 0.6) is 0 Å². The maximum Gasteiger partial charge on any atom is 0.282 e. The van der Waals surface area contributed by atoms with Crippen LogP contribution in [0, 0.1) is 17.0 Å². The molecule has 0 atom stereocenters. The first-order chi connectivity index (χ1) is 14.9. The van der Waals surface area contributed by atoms with Gasteiger partial charge in [-0.15, -0.1) is 10.2 Å². The van der Waals surface area contributed by atoms with Crippen molar-refractivity contribution in [2.75, 3.05) is 0 Å². The normalized spacial score (nSPS) is 10.7. The first-order valence-corrected chi connectivity index (χ1v) is 10.3. The molecule has 0 aliphatic heterocycles. The summed E-state index contributed by atoms with van der Waals surface area (Å²) >= 11 is 6.59. The Morgan fingerprint density at radius 2 is 1.94 bits per heavy atom. The predicted octanol–water partition coefficient (Wildman–Crippen LogP) is 2.87. The van der Waals surface area contributed by atoms with Crippen molar-refractivity contribution in [2.24, 2.45) is 0 Å². The molecule has 0 fully saturated rings. The van der Waals surface area contributed by atoms with Gasteiger partial charge in [-0.3, -0.25) is 20.2 Å². The molecule has 0 unspecified atom stereocenters. The van der Waals surface area contributed by atoms with E-state index in [1.54, 1.807) is 10.6 Å². The zero-order valence-electron chi connectivity index (χ0n) is 16.1. The second kappa shape index (κ2) is 8.53. The average Bonchev–Trinajstić information content (AvgIpc) is 3.34. The van der Waals surface area contributed by atoms with Crippen LogP contribution in [0.2, 0.25) is 0 Å². The maximum atomic E-state index is 12.3. The number of carbonyl (C=O) groups excluding carboxylic acids is 1. The lowest BCUT2D eigenvalue weighted by Crippen LogP contribution is -2.39. The quantitative estimate of drug-likeness (QED) is 0.268. The summed E-state index contributed by atoms with van der Waals surface area (Å²) in [6.07, 6.45) is 0. The lowest BCUT2D eigenvalue weighted by atomic mass is 10.1. The molecule has 10 nitrogen and oxygen atoms in total. The van der Waals surface area contributed by atoms with Crippen LogP contribution in [-0.4, -0.2) is 35.8 Å². The molecule has 31 heavy (non-hydrogen) atoms. The summed E-state index contributed by atoms with van der Waals surface area (Å²) in [6.45, 7) is 2.22. The highest BCUT2D eigenvalue weighted by atomic mass is 32.1. The van der Waals surface area contributed by atoms with Gasteiger partial charge in [0.05, 0.1) is 4.92 Å². The third-order valence-electron chi connectivity index (χ3n) is 4.37. The summed E-state index contributed by atoms with van der Waals surface area (Å²) in [5.41, 5.74) is 1.55. The Labute approximate surface area is 185 Å². The van der Waals surface area contributed by atoms with Crippen LogP contribution >= 0.6 is 23.6 Å². The van der Waals surface area contributed by atoms with E-state index >= 15 is 0 Å². The average molecular weight is 454 g/mol. The Kier molecular flexibility index (Phi) is 5.64. The fraction of sp³-hybridized carbons (Fsp3) is 0.105. The molecule has 0 radical (unpaired) electrons. The number of benzene rings is 2. The van der Waals surface area contributed by atoms with Gasteiger partial charge in [-0.05, 0) is 30.8 Å². The van der Waals surface area contributed by atoms with E-state index in [0.717, 1.165) is 26.9 Å². The topological polar surface area (TPSA) is 127 Å². The molecule has 12 heteroatoms. The minimum Gasteiger partial charge on any atom is -0.358 e. The summed E-state index contributed by atoms with van der Waals surface area (Å²) in [5, 5.41) is 29.9. The molecule has 1 amide bonds. The fourth-order valence-electron chi connectivity index (χ4n) is 2.82. The third kappa shape index (κ3) is 4.39. The maximum absolute atomic E-state index is 12.3. The number of nitrogens with zero attached hydrogens (tertiary/aromatic N) is 5. The molecule has 0 saturated carbocycles. The molecule has 0 aliphatic carbocycles. The van der Waals surface area contributed by atoms with Crippen molar-refractivity contribution in [1.82, 2.24) is 30.4 Å². The molecule has 0 spiro atoms.